The number of carbonyl (C=O) groups excluding carboxylic acids is 2. The summed E-state index contributed by atoms with van der Waals surface area (Å²) in [5.41, 5.74) is 0. The van der Waals surface area contributed by atoms with Crippen LogP contribution in [0, 0.1) is 0 Å². The van der Waals surface area contributed by atoms with E-state index in [0.29, 0.717) is 12.8 Å². The molecule has 0 aliphatic carbocycles. The summed E-state index contributed by atoms with van der Waals surface area (Å²) in [6, 6.07) is 0. The van der Waals surface area contributed by atoms with E-state index in [1.54, 1.807) is 7.05 Å². The molecule has 0 unspecified atom stereocenters. The summed E-state index contributed by atoms with van der Waals surface area (Å²) in [4.78, 5) is 22.0. The lowest BCUT2D eigenvalue weighted by molar-refractivity contribution is -0.121. The van der Waals surface area contributed by atoms with E-state index in [2.05, 4.69) is 10.6 Å². The molecule has 0 radical (unpaired) electrons. The summed E-state index contributed by atoms with van der Waals surface area (Å²) in [6.45, 7) is 2.69. The van der Waals surface area contributed by atoms with E-state index in [1.165, 1.54) is 32.1 Å². The van der Waals surface area contributed by atoms with Gasteiger partial charge >= 0.3 is 0 Å². The van der Waals surface area contributed by atoms with Gasteiger partial charge in [0.2, 0.25) is 11.8 Å². The van der Waals surface area contributed by atoms with Crippen molar-refractivity contribution in [2.24, 2.45) is 0 Å². The topological polar surface area (TPSA) is 58.2 Å². The smallest absolute Gasteiger partial charge is 0.219 e. The van der Waals surface area contributed by atoms with E-state index in [4.69, 9.17) is 0 Å². The van der Waals surface area contributed by atoms with Crippen LogP contribution >= 0.6 is 0 Å². The van der Waals surface area contributed by atoms with Gasteiger partial charge in [-0.1, -0.05) is 45.4 Å². The van der Waals surface area contributed by atoms with Crippen molar-refractivity contribution in [3.05, 3.63) is 0 Å². The Morgan fingerprint density at radius 1 is 0.789 bits per heavy atom. The van der Waals surface area contributed by atoms with Gasteiger partial charge in [0, 0.05) is 26.4 Å². The van der Waals surface area contributed by atoms with Crippen molar-refractivity contribution in [3.8, 4) is 0 Å². The molecule has 0 spiro atoms. The van der Waals surface area contributed by atoms with Gasteiger partial charge in [0.1, 0.15) is 0 Å². The predicted molar refractivity (Wildman–Crippen MR) is 78.9 cm³/mol. The summed E-state index contributed by atoms with van der Waals surface area (Å²) in [6.07, 6.45) is 10.7. The molecule has 0 aromatic rings. The van der Waals surface area contributed by atoms with Crippen molar-refractivity contribution < 1.29 is 9.59 Å². The van der Waals surface area contributed by atoms with Crippen LogP contribution in [0.1, 0.15) is 71.1 Å². The highest BCUT2D eigenvalue weighted by Gasteiger charge is 1.98. The van der Waals surface area contributed by atoms with Gasteiger partial charge in [-0.25, -0.2) is 0 Å². The maximum atomic E-state index is 11.0. The maximum absolute atomic E-state index is 11.0. The zero-order valence-electron chi connectivity index (χ0n) is 12.6. The fraction of sp³-hybridized carbons (Fsp3) is 0.867. The molecule has 112 valence electrons. The second-order valence-electron chi connectivity index (χ2n) is 4.96. The summed E-state index contributed by atoms with van der Waals surface area (Å²) >= 11 is 0. The Balaban J connectivity index is 3.07. The van der Waals surface area contributed by atoms with E-state index < -0.39 is 0 Å². The van der Waals surface area contributed by atoms with Gasteiger partial charge in [-0.3, -0.25) is 9.59 Å². The zero-order chi connectivity index (χ0) is 14.3. The molecule has 2 amide bonds. The van der Waals surface area contributed by atoms with Crippen molar-refractivity contribution in [1.29, 1.82) is 0 Å². The first-order valence-corrected chi connectivity index (χ1v) is 7.68. The minimum Gasteiger partial charge on any atom is -0.359 e. The Morgan fingerprint density at radius 3 is 1.84 bits per heavy atom. The predicted octanol–water partition coefficient (Wildman–Crippen LogP) is 2.77. The number of carbonyl (C=O) groups is 2. The Labute approximate surface area is 117 Å². The molecule has 2 N–H and O–H groups in total. The number of unbranched alkanes of at least 4 members (excludes halogenated alkanes) is 7. The second kappa shape index (κ2) is 13.4. The SMILES string of the molecule is CCC(=O)NCCCCCCCCCCC(=O)NC. The maximum Gasteiger partial charge on any atom is 0.219 e. The molecule has 0 rings (SSSR count). The van der Waals surface area contributed by atoms with Gasteiger partial charge in [0.05, 0.1) is 0 Å². The molecule has 0 aromatic carbocycles. The standard InChI is InChI=1S/C15H30N2O2/c1-3-14(18)17-13-11-9-7-5-4-6-8-10-12-15(19)16-2/h3-13H2,1-2H3,(H,16,19)(H,17,18). The lowest BCUT2D eigenvalue weighted by atomic mass is 10.1. The van der Waals surface area contributed by atoms with E-state index in [-0.39, 0.29) is 11.8 Å². The van der Waals surface area contributed by atoms with E-state index >= 15 is 0 Å². The molecule has 0 aliphatic heterocycles. The number of amides is 2. The molecule has 19 heavy (non-hydrogen) atoms. The lowest BCUT2D eigenvalue weighted by Crippen LogP contribution is -2.23. The van der Waals surface area contributed by atoms with Crippen LogP contribution in [0.5, 0.6) is 0 Å². The first-order valence-electron chi connectivity index (χ1n) is 7.68. The Morgan fingerprint density at radius 2 is 1.32 bits per heavy atom. The molecule has 0 aromatic heterocycles. The fourth-order valence-corrected chi connectivity index (χ4v) is 1.95. The van der Waals surface area contributed by atoms with Crippen molar-refractivity contribution in [1.82, 2.24) is 10.6 Å². The normalized spacial score (nSPS) is 10.2. The van der Waals surface area contributed by atoms with Crippen LogP contribution < -0.4 is 10.6 Å². The fourth-order valence-electron chi connectivity index (χ4n) is 1.95. The van der Waals surface area contributed by atoms with Crippen LogP contribution in [0.4, 0.5) is 0 Å². The van der Waals surface area contributed by atoms with Crippen LogP contribution in [0.3, 0.4) is 0 Å². The Kier molecular flexibility index (Phi) is 12.6. The molecule has 0 heterocycles. The van der Waals surface area contributed by atoms with Crippen LogP contribution in [0.15, 0.2) is 0 Å². The van der Waals surface area contributed by atoms with Crippen molar-refractivity contribution in [2.45, 2.75) is 71.1 Å². The Bertz CT molecular complexity index is 218. The number of rotatable bonds is 12. The van der Waals surface area contributed by atoms with Gasteiger partial charge in [0.15, 0.2) is 0 Å². The second-order valence-corrected chi connectivity index (χ2v) is 4.96. The molecule has 0 saturated heterocycles. The van der Waals surface area contributed by atoms with Crippen molar-refractivity contribution in [2.75, 3.05) is 13.6 Å². The number of nitrogens with one attached hydrogen (secondary N) is 2. The highest BCUT2D eigenvalue weighted by Crippen LogP contribution is 2.09. The molecule has 4 nitrogen and oxygen atoms in total. The van der Waals surface area contributed by atoms with Gasteiger partial charge in [-0.2, -0.15) is 0 Å². The third kappa shape index (κ3) is 13.2. The largest absolute Gasteiger partial charge is 0.359 e. The number of hydrogen-bond acceptors (Lipinski definition) is 2. The summed E-state index contributed by atoms with van der Waals surface area (Å²) in [5, 5.41) is 5.53. The third-order valence-electron chi connectivity index (χ3n) is 3.25. The zero-order valence-corrected chi connectivity index (χ0v) is 12.6. The lowest BCUT2D eigenvalue weighted by Gasteiger charge is -2.04. The number of hydrogen-bond donors (Lipinski definition) is 2. The third-order valence-corrected chi connectivity index (χ3v) is 3.25. The van der Waals surface area contributed by atoms with Gasteiger partial charge in [-0.15, -0.1) is 0 Å². The van der Waals surface area contributed by atoms with Crippen molar-refractivity contribution in [3.63, 3.8) is 0 Å². The van der Waals surface area contributed by atoms with Crippen LogP contribution in [-0.2, 0) is 9.59 Å². The quantitative estimate of drug-likeness (QED) is 0.536. The molecule has 0 fully saturated rings. The minimum atomic E-state index is 0.147. The summed E-state index contributed by atoms with van der Waals surface area (Å²) in [5.74, 6) is 0.297. The molecule has 0 atom stereocenters. The molecule has 0 saturated carbocycles. The van der Waals surface area contributed by atoms with Crippen molar-refractivity contribution >= 4 is 11.8 Å². The highest BCUT2D eigenvalue weighted by molar-refractivity contribution is 5.75. The molecular formula is C15H30N2O2. The average Bonchev–Trinajstić information content (AvgIpc) is 2.43. The van der Waals surface area contributed by atoms with Gasteiger partial charge in [-0.05, 0) is 12.8 Å². The highest BCUT2D eigenvalue weighted by atomic mass is 16.2. The van der Waals surface area contributed by atoms with Crippen LogP contribution in [0.25, 0.3) is 0 Å². The van der Waals surface area contributed by atoms with Gasteiger partial charge in [0.25, 0.3) is 0 Å². The summed E-state index contributed by atoms with van der Waals surface area (Å²) in [7, 11) is 1.69. The minimum absolute atomic E-state index is 0.147. The molecule has 4 heteroatoms. The van der Waals surface area contributed by atoms with Gasteiger partial charge < -0.3 is 10.6 Å². The Hall–Kier alpha value is -1.06. The molecule has 0 bridgehead atoms. The monoisotopic (exact) mass is 270 g/mol. The van der Waals surface area contributed by atoms with Crippen LogP contribution in [-0.4, -0.2) is 25.4 Å². The van der Waals surface area contributed by atoms with E-state index in [9.17, 15) is 9.59 Å². The average molecular weight is 270 g/mol. The first-order chi connectivity index (χ1) is 9.20. The molecule has 0 aliphatic rings. The van der Waals surface area contributed by atoms with E-state index in [1.807, 2.05) is 6.92 Å². The first kappa shape index (κ1) is 17.9. The van der Waals surface area contributed by atoms with E-state index in [0.717, 1.165) is 25.8 Å². The molecular weight excluding hydrogens is 240 g/mol. The summed E-state index contributed by atoms with van der Waals surface area (Å²) < 4.78 is 0. The van der Waals surface area contributed by atoms with Crippen LogP contribution in [0.2, 0.25) is 0 Å².